The number of fused-ring (bicyclic) bond motifs is 3. The molecule has 12 unspecified atom stereocenters. The molecule has 1 heterocycles. The summed E-state index contributed by atoms with van der Waals surface area (Å²) in [5.74, 6) is 2.60. The minimum Gasteiger partial charge on any atom is -0.461 e. The summed E-state index contributed by atoms with van der Waals surface area (Å²) in [7, 11) is 0. The van der Waals surface area contributed by atoms with Crippen molar-refractivity contribution in [3.05, 3.63) is 48.0 Å². The first-order valence-electron chi connectivity index (χ1n) is 18.7. The van der Waals surface area contributed by atoms with Crippen LogP contribution in [0.2, 0.25) is 0 Å². The van der Waals surface area contributed by atoms with Crippen LogP contribution in [-0.2, 0) is 0 Å². The Labute approximate surface area is 280 Å². The maximum atomic E-state index is 14.5. The summed E-state index contributed by atoms with van der Waals surface area (Å²) >= 11 is 0. The van der Waals surface area contributed by atoms with Gasteiger partial charge in [0.25, 0.3) is 0 Å². The standard InChI is InChI=1S/C40H57NO6/c1-35(2)26-8-7-25(29(35)18-26)21-41(22-28(44)23-42)24-39(46)14-11-33-37(39,4)13-10-32-36(3)12-9-27(43)19-38(36)15-16-40(32,33)30(20-38)34(45)31-6-5-17-47-31/h5-6,15-17,20,25-29,32-33,42-44,46H,7-14,18-19,21-24H2,1-4H3. The molecule has 6 saturated carbocycles. The van der Waals surface area contributed by atoms with Gasteiger partial charge in [0.05, 0.1) is 30.7 Å². The Morgan fingerprint density at radius 2 is 1.77 bits per heavy atom. The second-order valence-electron chi connectivity index (χ2n) is 18.3. The van der Waals surface area contributed by atoms with Gasteiger partial charge in [-0.15, -0.1) is 0 Å². The quantitative estimate of drug-likeness (QED) is 0.199. The van der Waals surface area contributed by atoms with E-state index in [9.17, 15) is 25.2 Å². The molecule has 7 heteroatoms. The van der Waals surface area contributed by atoms with E-state index >= 15 is 0 Å². The highest BCUT2D eigenvalue weighted by atomic mass is 16.3. The van der Waals surface area contributed by atoms with Crippen LogP contribution in [0.4, 0.5) is 0 Å². The zero-order valence-corrected chi connectivity index (χ0v) is 29.0. The Balaban J connectivity index is 1.16. The van der Waals surface area contributed by atoms with Crippen molar-refractivity contribution in [1.82, 2.24) is 4.90 Å². The maximum Gasteiger partial charge on any atom is 0.224 e. The highest BCUT2D eigenvalue weighted by Crippen LogP contribution is 2.78. The van der Waals surface area contributed by atoms with Gasteiger partial charge < -0.3 is 24.8 Å². The Bertz CT molecular complexity index is 1460. The number of Topliss-reactive ketones (excluding diaryl/α,β-unsaturated/α-hetero) is 1. The predicted octanol–water partition coefficient (Wildman–Crippen LogP) is 5.78. The molecule has 12 atom stereocenters. The van der Waals surface area contributed by atoms with E-state index in [0.717, 1.165) is 50.1 Å². The monoisotopic (exact) mass is 647 g/mol. The maximum absolute atomic E-state index is 14.5. The van der Waals surface area contributed by atoms with Gasteiger partial charge in [-0.3, -0.25) is 9.69 Å². The SMILES string of the molecule is CC1(C)C2CCC(CN(CC(O)CO)CC3(O)CCC4C56C=CC7(C=C5C(=O)c5ccco5)CC(O)CCC7(C)C6CCC43C)C1C2. The van der Waals surface area contributed by atoms with E-state index in [1.807, 2.05) is 0 Å². The second-order valence-corrected chi connectivity index (χ2v) is 18.3. The zero-order chi connectivity index (χ0) is 33.2. The van der Waals surface area contributed by atoms with Crippen LogP contribution in [0.15, 0.2) is 46.6 Å². The summed E-state index contributed by atoms with van der Waals surface area (Å²) < 4.78 is 5.72. The number of ketones is 1. The van der Waals surface area contributed by atoms with Crippen molar-refractivity contribution in [2.45, 2.75) is 110 Å². The van der Waals surface area contributed by atoms with Crippen LogP contribution in [-0.4, -0.2) is 75.2 Å². The number of furan rings is 1. The van der Waals surface area contributed by atoms with E-state index < -0.39 is 22.5 Å². The smallest absolute Gasteiger partial charge is 0.224 e. The van der Waals surface area contributed by atoms with Gasteiger partial charge >= 0.3 is 0 Å². The Hall–Kier alpha value is -1.77. The summed E-state index contributed by atoms with van der Waals surface area (Å²) in [4.78, 5) is 16.8. The van der Waals surface area contributed by atoms with E-state index in [1.54, 1.807) is 18.4 Å². The van der Waals surface area contributed by atoms with Crippen molar-refractivity contribution in [3.63, 3.8) is 0 Å². The molecule has 4 bridgehead atoms. The van der Waals surface area contributed by atoms with Gasteiger partial charge in [-0.05, 0) is 117 Å². The topological polar surface area (TPSA) is 114 Å². The lowest BCUT2D eigenvalue weighted by atomic mass is 9.32. The van der Waals surface area contributed by atoms with Crippen LogP contribution in [0.5, 0.6) is 0 Å². The number of aliphatic hydroxyl groups is 4. The molecule has 4 N–H and O–H groups in total. The number of hydrogen-bond acceptors (Lipinski definition) is 7. The average Bonchev–Trinajstić information content (AvgIpc) is 3.67. The third kappa shape index (κ3) is 4.25. The molecule has 258 valence electrons. The van der Waals surface area contributed by atoms with Gasteiger partial charge in [0, 0.05) is 41.5 Å². The lowest BCUT2D eigenvalue weighted by Gasteiger charge is -2.71. The third-order valence-corrected chi connectivity index (χ3v) is 16.4. The van der Waals surface area contributed by atoms with Crippen molar-refractivity contribution in [2.75, 3.05) is 26.2 Å². The molecule has 0 radical (unpaired) electrons. The largest absolute Gasteiger partial charge is 0.461 e. The van der Waals surface area contributed by atoms with Crippen LogP contribution in [0, 0.1) is 56.7 Å². The molecule has 0 aliphatic heterocycles. The Morgan fingerprint density at radius 3 is 2.47 bits per heavy atom. The van der Waals surface area contributed by atoms with Gasteiger partial charge in [0.2, 0.25) is 5.78 Å². The fourth-order valence-corrected chi connectivity index (χ4v) is 13.6. The number of carbonyl (C=O) groups excluding carboxylic acids is 1. The molecule has 9 aliphatic carbocycles. The summed E-state index contributed by atoms with van der Waals surface area (Å²) in [6.45, 7) is 10.9. The molecule has 6 fully saturated rings. The van der Waals surface area contributed by atoms with Crippen LogP contribution >= 0.6 is 0 Å². The molecule has 0 aromatic carbocycles. The highest BCUT2D eigenvalue weighted by molar-refractivity contribution is 6.08. The van der Waals surface area contributed by atoms with E-state index in [2.05, 4.69) is 50.8 Å². The highest BCUT2D eigenvalue weighted by Gasteiger charge is 2.74. The fourth-order valence-electron chi connectivity index (χ4n) is 13.6. The molecule has 47 heavy (non-hydrogen) atoms. The number of allylic oxidation sites excluding steroid dienone is 4. The minimum atomic E-state index is -0.999. The van der Waals surface area contributed by atoms with Gasteiger partial charge in [-0.25, -0.2) is 0 Å². The molecule has 7 nitrogen and oxygen atoms in total. The second kappa shape index (κ2) is 10.6. The zero-order valence-electron chi connectivity index (χ0n) is 29.0. The average molecular weight is 648 g/mol. The lowest BCUT2D eigenvalue weighted by Crippen LogP contribution is -2.67. The van der Waals surface area contributed by atoms with Crippen molar-refractivity contribution in [1.29, 1.82) is 0 Å². The lowest BCUT2D eigenvalue weighted by molar-refractivity contribution is -0.179. The molecule has 1 aromatic heterocycles. The van der Waals surface area contributed by atoms with E-state index in [4.69, 9.17) is 4.42 Å². The van der Waals surface area contributed by atoms with E-state index in [-0.39, 0.29) is 41.2 Å². The number of rotatable bonds is 9. The molecule has 2 spiro atoms. The first-order chi connectivity index (χ1) is 22.2. The van der Waals surface area contributed by atoms with Crippen molar-refractivity contribution >= 4 is 5.78 Å². The fraction of sp³-hybridized carbons (Fsp3) is 0.775. The summed E-state index contributed by atoms with van der Waals surface area (Å²) in [6, 6.07) is 3.54. The Kier molecular flexibility index (Phi) is 7.33. The first-order valence-corrected chi connectivity index (χ1v) is 18.7. The predicted molar refractivity (Wildman–Crippen MR) is 179 cm³/mol. The van der Waals surface area contributed by atoms with Crippen LogP contribution in [0.25, 0.3) is 0 Å². The summed E-state index contributed by atoms with van der Waals surface area (Å²) in [6.07, 6.45) is 16.6. The van der Waals surface area contributed by atoms with Crippen LogP contribution < -0.4 is 0 Å². The first kappa shape index (κ1) is 32.4. The Morgan fingerprint density at radius 1 is 1.02 bits per heavy atom. The normalized spacial score (nSPS) is 47.9. The van der Waals surface area contributed by atoms with Gasteiger partial charge in [-0.1, -0.05) is 45.9 Å². The van der Waals surface area contributed by atoms with Gasteiger partial charge in [0.1, 0.15) is 0 Å². The number of carbonyl (C=O) groups is 1. The summed E-state index contributed by atoms with van der Waals surface area (Å²) in [5.41, 5.74) is -1.27. The molecule has 1 aromatic rings. The minimum absolute atomic E-state index is 0.0584. The van der Waals surface area contributed by atoms with E-state index in [1.165, 1.54) is 19.3 Å². The third-order valence-electron chi connectivity index (χ3n) is 16.4. The molecule has 0 saturated heterocycles. The molecular weight excluding hydrogens is 590 g/mol. The molecule has 10 rings (SSSR count). The van der Waals surface area contributed by atoms with Gasteiger partial charge in [0.15, 0.2) is 5.76 Å². The number of aliphatic hydroxyl groups excluding tert-OH is 3. The van der Waals surface area contributed by atoms with Crippen LogP contribution in [0.1, 0.15) is 102 Å². The van der Waals surface area contributed by atoms with Crippen LogP contribution in [0.3, 0.4) is 0 Å². The van der Waals surface area contributed by atoms with Crippen molar-refractivity contribution in [3.8, 4) is 0 Å². The van der Waals surface area contributed by atoms with E-state index in [0.29, 0.717) is 48.9 Å². The summed E-state index contributed by atoms with van der Waals surface area (Å²) in [5, 5.41) is 44.5. The van der Waals surface area contributed by atoms with Crippen molar-refractivity contribution < 1.29 is 29.6 Å². The molecular formula is C40H57NO6. The van der Waals surface area contributed by atoms with Crippen molar-refractivity contribution in [2.24, 2.45) is 56.7 Å². The molecule has 0 amide bonds. The number of hydrogen-bond donors (Lipinski definition) is 4. The number of nitrogens with zero attached hydrogens (tertiary/aromatic N) is 1. The van der Waals surface area contributed by atoms with Gasteiger partial charge in [-0.2, -0.15) is 0 Å². The molecule has 9 aliphatic rings.